The van der Waals surface area contributed by atoms with Crippen LogP contribution < -0.4 is 15.2 Å². The molecule has 1 rings (SSSR count). The van der Waals surface area contributed by atoms with Crippen LogP contribution in [0, 0.1) is 0 Å². The minimum Gasteiger partial charge on any atom is -0.493 e. The molecule has 0 aliphatic carbocycles. The largest absolute Gasteiger partial charge is 0.493 e. The van der Waals surface area contributed by atoms with Gasteiger partial charge >= 0.3 is 5.97 Å². The Morgan fingerprint density at radius 3 is 2.53 bits per heavy atom. The predicted molar refractivity (Wildman–Crippen MR) is 72.3 cm³/mol. The normalized spacial score (nSPS) is 13.5. The van der Waals surface area contributed by atoms with Gasteiger partial charge in [-0.25, -0.2) is 4.79 Å². The van der Waals surface area contributed by atoms with Crippen LogP contribution in [0.25, 0.3) is 0 Å². The Hall–Kier alpha value is -1.75. The Kier molecular flexibility index (Phi) is 5.63. The fourth-order valence-corrected chi connectivity index (χ4v) is 1.56. The van der Waals surface area contributed by atoms with E-state index >= 15 is 0 Å². The summed E-state index contributed by atoms with van der Waals surface area (Å²) in [6.07, 6.45) is -0.685. The molecule has 0 aromatic heterocycles. The maximum absolute atomic E-state index is 11.5. The van der Waals surface area contributed by atoms with Crippen molar-refractivity contribution in [3.63, 3.8) is 0 Å². The molecule has 1 unspecified atom stereocenters. The average Bonchev–Trinajstić information content (AvgIpc) is 2.39. The van der Waals surface area contributed by atoms with Crippen LogP contribution in [0.5, 0.6) is 11.5 Å². The summed E-state index contributed by atoms with van der Waals surface area (Å²) in [4.78, 5) is 11.5. The Morgan fingerprint density at radius 2 is 2.00 bits per heavy atom. The molecule has 0 spiro atoms. The Morgan fingerprint density at radius 1 is 1.32 bits per heavy atom. The van der Waals surface area contributed by atoms with Crippen LogP contribution in [0.4, 0.5) is 0 Å². The van der Waals surface area contributed by atoms with E-state index in [4.69, 9.17) is 19.9 Å². The molecule has 106 valence electrons. The SMILES string of the molecule is CCOC(=O)C(C)Oc1ccc([C@H](C)N)cc1OC. The van der Waals surface area contributed by atoms with Crippen molar-refractivity contribution in [3.8, 4) is 11.5 Å². The van der Waals surface area contributed by atoms with Gasteiger partial charge in [-0.3, -0.25) is 0 Å². The summed E-state index contributed by atoms with van der Waals surface area (Å²) < 4.78 is 15.7. The molecule has 0 fully saturated rings. The van der Waals surface area contributed by atoms with Crippen molar-refractivity contribution in [3.05, 3.63) is 23.8 Å². The number of hydrogen-bond acceptors (Lipinski definition) is 5. The quantitative estimate of drug-likeness (QED) is 0.799. The van der Waals surface area contributed by atoms with E-state index in [2.05, 4.69) is 0 Å². The minimum atomic E-state index is -0.685. The van der Waals surface area contributed by atoms with E-state index in [1.807, 2.05) is 13.0 Å². The molecule has 0 amide bonds. The summed E-state index contributed by atoms with van der Waals surface area (Å²) in [6.45, 7) is 5.60. The molecule has 2 N–H and O–H groups in total. The van der Waals surface area contributed by atoms with Crippen LogP contribution >= 0.6 is 0 Å². The lowest BCUT2D eigenvalue weighted by Crippen LogP contribution is -2.26. The fourth-order valence-electron chi connectivity index (χ4n) is 1.56. The number of methoxy groups -OCH3 is 1. The highest BCUT2D eigenvalue weighted by atomic mass is 16.6. The highest BCUT2D eigenvalue weighted by Crippen LogP contribution is 2.30. The molecule has 5 nitrogen and oxygen atoms in total. The first-order valence-corrected chi connectivity index (χ1v) is 6.26. The topological polar surface area (TPSA) is 70.8 Å². The second-order valence-electron chi connectivity index (χ2n) is 4.21. The predicted octanol–water partition coefficient (Wildman–Crippen LogP) is 2.05. The van der Waals surface area contributed by atoms with E-state index in [1.165, 1.54) is 0 Å². The molecule has 19 heavy (non-hydrogen) atoms. The van der Waals surface area contributed by atoms with Crippen LogP contribution in [-0.2, 0) is 9.53 Å². The molecule has 0 saturated carbocycles. The number of carbonyl (C=O) groups is 1. The molecule has 2 atom stereocenters. The third kappa shape index (κ3) is 4.13. The summed E-state index contributed by atoms with van der Waals surface area (Å²) >= 11 is 0. The number of nitrogens with two attached hydrogens (primary N) is 1. The first-order chi connectivity index (χ1) is 8.99. The van der Waals surface area contributed by atoms with Crippen LogP contribution in [0.2, 0.25) is 0 Å². The number of carbonyl (C=O) groups excluding carboxylic acids is 1. The lowest BCUT2D eigenvalue weighted by Gasteiger charge is -2.17. The zero-order valence-electron chi connectivity index (χ0n) is 11.8. The van der Waals surface area contributed by atoms with E-state index in [1.54, 1.807) is 33.1 Å². The molecule has 1 aromatic rings. The van der Waals surface area contributed by atoms with E-state index in [0.29, 0.717) is 18.1 Å². The van der Waals surface area contributed by atoms with Gasteiger partial charge in [-0.05, 0) is 38.5 Å². The summed E-state index contributed by atoms with van der Waals surface area (Å²) in [7, 11) is 1.54. The zero-order valence-corrected chi connectivity index (χ0v) is 11.8. The van der Waals surface area contributed by atoms with Crippen molar-refractivity contribution in [1.82, 2.24) is 0 Å². The molecule has 0 aliphatic rings. The smallest absolute Gasteiger partial charge is 0.347 e. The zero-order chi connectivity index (χ0) is 14.4. The molecular weight excluding hydrogens is 246 g/mol. The van der Waals surface area contributed by atoms with Gasteiger partial charge in [0.05, 0.1) is 13.7 Å². The van der Waals surface area contributed by atoms with E-state index in [-0.39, 0.29) is 6.04 Å². The molecule has 1 aromatic carbocycles. The molecular formula is C14H21NO4. The minimum absolute atomic E-state index is 0.0922. The average molecular weight is 267 g/mol. The lowest BCUT2D eigenvalue weighted by molar-refractivity contribution is -0.150. The van der Waals surface area contributed by atoms with Crippen molar-refractivity contribution < 1.29 is 19.0 Å². The third-order valence-electron chi connectivity index (χ3n) is 2.64. The van der Waals surface area contributed by atoms with Gasteiger partial charge in [0.2, 0.25) is 0 Å². The first kappa shape index (κ1) is 15.3. The summed E-state index contributed by atoms with van der Waals surface area (Å²) in [6, 6.07) is 5.30. The van der Waals surface area contributed by atoms with Gasteiger partial charge in [0.15, 0.2) is 17.6 Å². The summed E-state index contributed by atoms with van der Waals surface area (Å²) in [5, 5.41) is 0. The maximum atomic E-state index is 11.5. The van der Waals surface area contributed by atoms with Gasteiger partial charge in [-0.2, -0.15) is 0 Å². The lowest BCUT2D eigenvalue weighted by atomic mass is 10.1. The summed E-state index contributed by atoms with van der Waals surface area (Å²) in [5.41, 5.74) is 6.74. The van der Waals surface area contributed by atoms with Gasteiger partial charge in [0, 0.05) is 6.04 Å². The van der Waals surface area contributed by atoms with Crippen molar-refractivity contribution in [1.29, 1.82) is 0 Å². The molecule has 0 saturated heterocycles. The van der Waals surface area contributed by atoms with Gasteiger partial charge in [-0.1, -0.05) is 6.07 Å². The number of ether oxygens (including phenoxy) is 3. The Balaban J connectivity index is 2.86. The van der Waals surface area contributed by atoms with Gasteiger partial charge < -0.3 is 19.9 Å². The maximum Gasteiger partial charge on any atom is 0.347 e. The summed E-state index contributed by atoms with van der Waals surface area (Å²) in [5.74, 6) is 0.638. The van der Waals surface area contributed by atoms with Crippen LogP contribution in [0.1, 0.15) is 32.4 Å². The second kappa shape index (κ2) is 6.99. The van der Waals surface area contributed by atoms with Crippen molar-refractivity contribution in [2.75, 3.05) is 13.7 Å². The molecule has 0 bridgehead atoms. The first-order valence-electron chi connectivity index (χ1n) is 6.26. The van der Waals surface area contributed by atoms with Gasteiger partial charge in [0.1, 0.15) is 0 Å². The monoisotopic (exact) mass is 267 g/mol. The van der Waals surface area contributed by atoms with Crippen LogP contribution in [0.3, 0.4) is 0 Å². The highest BCUT2D eigenvalue weighted by molar-refractivity contribution is 5.74. The molecule has 5 heteroatoms. The fraction of sp³-hybridized carbons (Fsp3) is 0.500. The Bertz CT molecular complexity index is 431. The van der Waals surface area contributed by atoms with Crippen molar-refractivity contribution in [2.24, 2.45) is 5.73 Å². The van der Waals surface area contributed by atoms with Gasteiger partial charge in [-0.15, -0.1) is 0 Å². The number of hydrogen-bond donors (Lipinski definition) is 1. The van der Waals surface area contributed by atoms with Crippen LogP contribution in [-0.4, -0.2) is 25.8 Å². The number of rotatable bonds is 6. The van der Waals surface area contributed by atoms with E-state index in [9.17, 15) is 4.79 Å². The van der Waals surface area contributed by atoms with E-state index in [0.717, 1.165) is 5.56 Å². The molecule has 0 aliphatic heterocycles. The standard InChI is InChI=1S/C14H21NO4/c1-5-18-14(16)10(3)19-12-7-6-11(9(2)15)8-13(12)17-4/h6-10H,5,15H2,1-4H3/t9-,10?/m0/s1. The van der Waals surface area contributed by atoms with Crippen molar-refractivity contribution in [2.45, 2.75) is 32.9 Å². The van der Waals surface area contributed by atoms with Gasteiger partial charge in [0.25, 0.3) is 0 Å². The number of esters is 1. The highest BCUT2D eigenvalue weighted by Gasteiger charge is 2.18. The molecule has 0 radical (unpaired) electrons. The van der Waals surface area contributed by atoms with Crippen LogP contribution in [0.15, 0.2) is 18.2 Å². The Labute approximate surface area is 113 Å². The second-order valence-corrected chi connectivity index (χ2v) is 4.21. The molecule has 0 heterocycles. The number of benzene rings is 1. The van der Waals surface area contributed by atoms with E-state index < -0.39 is 12.1 Å². The van der Waals surface area contributed by atoms with Crippen molar-refractivity contribution >= 4 is 5.97 Å². The third-order valence-corrected chi connectivity index (χ3v) is 2.64.